The molecule has 1 amide bonds. The zero-order chi connectivity index (χ0) is 15.8. The molecule has 1 aromatic rings. The van der Waals surface area contributed by atoms with Crippen LogP contribution in [0.1, 0.15) is 0 Å². The molecule has 1 aliphatic heterocycles. The third-order valence-electron chi connectivity index (χ3n) is 2.93. The molecule has 0 radical (unpaired) electrons. The van der Waals surface area contributed by atoms with Crippen LogP contribution in [-0.4, -0.2) is 48.8 Å². The molecule has 1 unspecified atom stereocenters. The van der Waals surface area contributed by atoms with Crippen LogP contribution in [0.3, 0.4) is 0 Å². The summed E-state index contributed by atoms with van der Waals surface area (Å²) in [5.41, 5.74) is 0. The lowest BCUT2D eigenvalue weighted by molar-refractivity contribution is -0.143. The molecule has 21 heavy (non-hydrogen) atoms. The van der Waals surface area contributed by atoms with E-state index in [9.17, 15) is 18.0 Å². The third-order valence-corrected chi connectivity index (χ3v) is 5.76. The highest BCUT2D eigenvalue weighted by Gasteiger charge is 2.41. The summed E-state index contributed by atoms with van der Waals surface area (Å²) >= 11 is 11.7. The molecule has 7 nitrogen and oxygen atoms in total. The van der Waals surface area contributed by atoms with Gasteiger partial charge < -0.3 is 10.4 Å². The first-order valence-corrected chi connectivity index (χ1v) is 7.90. The number of benzene rings is 1. The van der Waals surface area contributed by atoms with Crippen LogP contribution in [0.4, 0.5) is 0 Å². The maximum absolute atomic E-state index is 12.6. The van der Waals surface area contributed by atoms with Crippen LogP contribution >= 0.6 is 23.2 Å². The van der Waals surface area contributed by atoms with Crippen molar-refractivity contribution < 1.29 is 23.1 Å². The first kappa shape index (κ1) is 16.0. The highest BCUT2D eigenvalue weighted by molar-refractivity contribution is 7.89. The molecule has 2 rings (SSSR count). The topological polar surface area (TPSA) is 104 Å². The molecule has 1 aromatic carbocycles. The van der Waals surface area contributed by atoms with E-state index in [1.807, 2.05) is 0 Å². The van der Waals surface area contributed by atoms with Gasteiger partial charge in [-0.1, -0.05) is 29.3 Å². The van der Waals surface area contributed by atoms with Crippen LogP contribution in [0.5, 0.6) is 0 Å². The number of carbonyl (C=O) groups excluding carboxylic acids is 1. The second kappa shape index (κ2) is 5.80. The van der Waals surface area contributed by atoms with E-state index in [4.69, 9.17) is 28.3 Å². The normalized spacial score (nSPS) is 20.1. The Morgan fingerprint density at radius 2 is 2.05 bits per heavy atom. The monoisotopic (exact) mass is 352 g/mol. The Morgan fingerprint density at radius 1 is 1.38 bits per heavy atom. The minimum absolute atomic E-state index is 0.0195. The van der Waals surface area contributed by atoms with E-state index >= 15 is 0 Å². The van der Waals surface area contributed by atoms with Crippen LogP contribution in [0.25, 0.3) is 0 Å². The summed E-state index contributed by atoms with van der Waals surface area (Å²) in [4.78, 5) is 22.3. The van der Waals surface area contributed by atoms with Gasteiger partial charge in [0, 0.05) is 6.54 Å². The molecule has 1 atom stereocenters. The Labute approximate surface area is 130 Å². The predicted octanol–water partition coefficient (Wildman–Crippen LogP) is 0.567. The van der Waals surface area contributed by atoms with Gasteiger partial charge in [-0.2, -0.15) is 4.31 Å². The number of hydrogen-bond acceptors (Lipinski definition) is 4. The number of sulfonamides is 1. The van der Waals surface area contributed by atoms with Gasteiger partial charge in [-0.05, 0) is 12.1 Å². The summed E-state index contributed by atoms with van der Waals surface area (Å²) in [5, 5.41) is 11.2. The van der Waals surface area contributed by atoms with Gasteiger partial charge in [0.15, 0.2) is 0 Å². The van der Waals surface area contributed by atoms with Crippen LogP contribution in [-0.2, 0) is 19.6 Å². The Kier molecular flexibility index (Phi) is 4.43. The molecule has 0 aliphatic carbocycles. The Balaban J connectivity index is 2.52. The number of amides is 1. The van der Waals surface area contributed by atoms with Crippen molar-refractivity contribution in [3.05, 3.63) is 28.2 Å². The van der Waals surface area contributed by atoms with Crippen LogP contribution in [0.2, 0.25) is 10.0 Å². The van der Waals surface area contributed by atoms with Crippen LogP contribution in [0, 0.1) is 0 Å². The van der Waals surface area contributed by atoms with Crippen molar-refractivity contribution >= 4 is 45.1 Å². The third kappa shape index (κ3) is 2.98. The molecule has 0 spiro atoms. The largest absolute Gasteiger partial charge is 0.480 e. The number of carbonyl (C=O) groups is 2. The minimum atomic E-state index is -4.27. The molecular weight excluding hydrogens is 343 g/mol. The summed E-state index contributed by atoms with van der Waals surface area (Å²) < 4.78 is 25.7. The molecule has 10 heteroatoms. The smallest absolute Gasteiger partial charge is 0.323 e. The number of carboxylic acids is 1. The van der Waals surface area contributed by atoms with Crippen molar-refractivity contribution in [2.45, 2.75) is 10.9 Å². The van der Waals surface area contributed by atoms with E-state index in [0.29, 0.717) is 4.31 Å². The lowest BCUT2D eigenvalue weighted by atomic mass is 10.2. The maximum Gasteiger partial charge on any atom is 0.323 e. The summed E-state index contributed by atoms with van der Waals surface area (Å²) in [5.74, 6) is -1.95. The van der Waals surface area contributed by atoms with Gasteiger partial charge in [0.2, 0.25) is 15.9 Å². The Hall–Kier alpha value is -1.35. The SMILES string of the molecule is O=C1CN(S(=O)(=O)c2cccc(Cl)c2Cl)C(C(=O)O)CN1. The van der Waals surface area contributed by atoms with Crippen molar-refractivity contribution in [3.63, 3.8) is 0 Å². The predicted molar refractivity (Wildman–Crippen MR) is 74.8 cm³/mol. The number of piperazine rings is 1. The number of halogens is 2. The van der Waals surface area contributed by atoms with Gasteiger partial charge in [0.25, 0.3) is 0 Å². The molecular formula is C11H10Cl2N2O5S. The zero-order valence-electron chi connectivity index (χ0n) is 10.4. The molecule has 0 saturated carbocycles. The highest BCUT2D eigenvalue weighted by atomic mass is 35.5. The van der Waals surface area contributed by atoms with Crippen molar-refractivity contribution in [1.29, 1.82) is 0 Å². The van der Waals surface area contributed by atoms with Crippen LogP contribution < -0.4 is 5.32 Å². The van der Waals surface area contributed by atoms with Gasteiger partial charge in [0.05, 0.1) is 16.6 Å². The average Bonchev–Trinajstić information content (AvgIpc) is 2.41. The number of hydrogen-bond donors (Lipinski definition) is 2. The van der Waals surface area contributed by atoms with Crippen molar-refractivity contribution in [2.24, 2.45) is 0 Å². The molecule has 114 valence electrons. The van der Waals surface area contributed by atoms with Crippen molar-refractivity contribution in [3.8, 4) is 0 Å². The second-order valence-corrected chi connectivity index (χ2v) is 6.90. The molecule has 1 aliphatic rings. The summed E-state index contributed by atoms with van der Waals surface area (Å²) in [6.07, 6.45) is 0. The maximum atomic E-state index is 12.6. The first-order valence-electron chi connectivity index (χ1n) is 5.70. The Morgan fingerprint density at radius 3 is 2.67 bits per heavy atom. The average molecular weight is 353 g/mol. The molecule has 1 heterocycles. The van der Waals surface area contributed by atoms with Gasteiger partial charge >= 0.3 is 5.97 Å². The summed E-state index contributed by atoms with van der Waals surface area (Å²) in [6.45, 7) is -0.909. The quantitative estimate of drug-likeness (QED) is 0.827. The second-order valence-electron chi connectivity index (χ2n) is 4.26. The lowest BCUT2D eigenvalue weighted by Crippen LogP contribution is -2.59. The zero-order valence-corrected chi connectivity index (χ0v) is 12.7. The van der Waals surface area contributed by atoms with E-state index in [1.165, 1.54) is 18.2 Å². The van der Waals surface area contributed by atoms with Gasteiger partial charge in [-0.15, -0.1) is 0 Å². The number of nitrogens with one attached hydrogen (secondary N) is 1. The standard InChI is InChI=1S/C11H10Cl2N2O5S/c12-6-2-1-3-8(10(6)13)21(19,20)15-5-9(16)14-4-7(15)11(17)18/h1-3,7H,4-5H2,(H,14,16)(H,17,18). The van der Waals surface area contributed by atoms with Crippen LogP contribution in [0.15, 0.2) is 23.1 Å². The minimum Gasteiger partial charge on any atom is -0.480 e. The molecule has 0 aromatic heterocycles. The molecule has 1 fully saturated rings. The van der Waals surface area contributed by atoms with Crippen molar-refractivity contribution in [2.75, 3.05) is 13.1 Å². The lowest BCUT2D eigenvalue weighted by Gasteiger charge is -2.31. The van der Waals surface area contributed by atoms with Crippen molar-refractivity contribution in [1.82, 2.24) is 9.62 Å². The molecule has 0 bridgehead atoms. The number of nitrogens with zero attached hydrogens (tertiary/aromatic N) is 1. The summed E-state index contributed by atoms with van der Waals surface area (Å²) in [7, 11) is -4.27. The van der Waals surface area contributed by atoms with Gasteiger partial charge in [-0.3, -0.25) is 9.59 Å². The van der Waals surface area contributed by atoms with E-state index in [0.717, 1.165) is 0 Å². The summed E-state index contributed by atoms with van der Waals surface area (Å²) in [6, 6.07) is 2.58. The number of aliphatic carboxylic acids is 1. The first-order chi connectivity index (χ1) is 9.75. The fourth-order valence-corrected chi connectivity index (χ4v) is 4.17. The fourth-order valence-electron chi connectivity index (χ4n) is 1.89. The fraction of sp³-hybridized carbons (Fsp3) is 0.273. The molecule has 1 saturated heterocycles. The van der Waals surface area contributed by atoms with E-state index in [1.54, 1.807) is 0 Å². The number of rotatable bonds is 3. The van der Waals surface area contributed by atoms with Gasteiger partial charge in [-0.25, -0.2) is 8.42 Å². The Bertz CT molecular complexity index is 707. The van der Waals surface area contributed by atoms with Gasteiger partial charge in [0.1, 0.15) is 10.9 Å². The van der Waals surface area contributed by atoms with E-state index < -0.39 is 34.5 Å². The van der Waals surface area contributed by atoms with E-state index in [-0.39, 0.29) is 21.5 Å². The van der Waals surface area contributed by atoms with E-state index in [2.05, 4.69) is 5.32 Å². The number of carboxylic acid groups (broad SMARTS) is 1. The molecule has 2 N–H and O–H groups in total. The highest BCUT2D eigenvalue weighted by Crippen LogP contribution is 2.31.